The van der Waals surface area contributed by atoms with Crippen LogP contribution in [0.15, 0.2) is 34.9 Å². The first-order valence-electron chi connectivity index (χ1n) is 5.20. The molecule has 0 saturated heterocycles. The number of halogens is 4. The Hall–Kier alpha value is -1.63. The average Bonchev–Trinajstić information content (AvgIpc) is 2.33. The van der Waals surface area contributed by atoms with Gasteiger partial charge < -0.3 is 4.74 Å². The molecule has 0 unspecified atom stereocenters. The van der Waals surface area contributed by atoms with E-state index in [0.717, 1.165) is 18.0 Å². The topological polar surface area (TPSA) is 35.0 Å². The summed E-state index contributed by atoms with van der Waals surface area (Å²) in [6, 6.07) is 5.59. The number of hydrogen-bond acceptors (Lipinski definition) is 3. The standard InChI is InChI=1S/C12H8BrF3N2O/c1-7-2-4-9(13)11(18-7)19-8-3-5-10(17-6-8)12(14,15)16/h2-6H,1H3. The van der Waals surface area contributed by atoms with Crippen molar-refractivity contribution in [1.82, 2.24) is 9.97 Å². The van der Waals surface area contributed by atoms with Crippen LogP contribution in [0, 0.1) is 6.92 Å². The van der Waals surface area contributed by atoms with E-state index in [9.17, 15) is 13.2 Å². The number of pyridine rings is 2. The molecule has 0 spiro atoms. The summed E-state index contributed by atoms with van der Waals surface area (Å²) in [5, 5.41) is 0. The van der Waals surface area contributed by atoms with Crippen molar-refractivity contribution in [2.75, 3.05) is 0 Å². The molecular weight excluding hydrogens is 325 g/mol. The molecule has 2 heterocycles. The molecule has 3 nitrogen and oxygen atoms in total. The third-order valence-corrected chi connectivity index (χ3v) is 2.80. The van der Waals surface area contributed by atoms with Crippen LogP contribution < -0.4 is 4.74 Å². The molecule has 2 rings (SSSR count). The van der Waals surface area contributed by atoms with Gasteiger partial charge in [-0.05, 0) is 47.1 Å². The molecule has 0 aliphatic heterocycles. The fraction of sp³-hybridized carbons (Fsp3) is 0.167. The van der Waals surface area contributed by atoms with Crippen LogP contribution >= 0.6 is 15.9 Å². The Labute approximate surface area is 115 Å². The van der Waals surface area contributed by atoms with Crippen molar-refractivity contribution in [3.8, 4) is 11.6 Å². The molecule has 100 valence electrons. The fourth-order valence-electron chi connectivity index (χ4n) is 1.31. The van der Waals surface area contributed by atoms with Crippen LogP contribution in [0.5, 0.6) is 11.6 Å². The fourth-order valence-corrected chi connectivity index (χ4v) is 1.61. The minimum atomic E-state index is -4.46. The van der Waals surface area contributed by atoms with Crippen molar-refractivity contribution in [3.63, 3.8) is 0 Å². The first-order chi connectivity index (χ1) is 8.86. The van der Waals surface area contributed by atoms with Crippen molar-refractivity contribution in [1.29, 1.82) is 0 Å². The number of ether oxygens (including phenoxy) is 1. The molecule has 0 N–H and O–H groups in total. The second-order valence-corrected chi connectivity index (χ2v) is 4.57. The van der Waals surface area contributed by atoms with Gasteiger partial charge in [-0.1, -0.05) is 0 Å². The van der Waals surface area contributed by atoms with Gasteiger partial charge in [-0.3, -0.25) is 0 Å². The maximum Gasteiger partial charge on any atom is 0.433 e. The molecule has 0 atom stereocenters. The van der Waals surface area contributed by atoms with Crippen LogP contribution in [0.25, 0.3) is 0 Å². The molecule has 19 heavy (non-hydrogen) atoms. The van der Waals surface area contributed by atoms with Crippen molar-refractivity contribution in [2.45, 2.75) is 13.1 Å². The van der Waals surface area contributed by atoms with Gasteiger partial charge in [0.05, 0.1) is 10.7 Å². The summed E-state index contributed by atoms with van der Waals surface area (Å²) in [4.78, 5) is 7.43. The minimum absolute atomic E-state index is 0.187. The molecule has 0 aromatic carbocycles. The van der Waals surface area contributed by atoms with Crippen molar-refractivity contribution in [2.24, 2.45) is 0 Å². The lowest BCUT2D eigenvalue weighted by molar-refractivity contribution is -0.141. The monoisotopic (exact) mass is 332 g/mol. The molecule has 0 aliphatic carbocycles. The Kier molecular flexibility index (Phi) is 3.75. The van der Waals surface area contributed by atoms with E-state index in [0.29, 0.717) is 4.47 Å². The Morgan fingerprint density at radius 3 is 2.47 bits per heavy atom. The minimum Gasteiger partial charge on any atom is -0.436 e. The predicted molar refractivity (Wildman–Crippen MR) is 66.0 cm³/mol. The molecule has 7 heteroatoms. The van der Waals surface area contributed by atoms with Gasteiger partial charge in [0.25, 0.3) is 0 Å². The highest BCUT2D eigenvalue weighted by Crippen LogP contribution is 2.30. The molecular formula is C12H8BrF3N2O. The Morgan fingerprint density at radius 1 is 1.16 bits per heavy atom. The van der Waals surface area contributed by atoms with Gasteiger partial charge in [0.2, 0.25) is 5.88 Å². The maximum absolute atomic E-state index is 12.3. The van der Waals surface area contributed by atoms with E-state index in [2.05, 4.69) is 25.9 Å². The summed E-state index contributed by atoms with van der Waals surface area (Å²) in [6.07, 6.45) is -3.44. The zero-order valence-electron chi connectivity index (χ0n) is 9.70. The largest absolute Gasteiger partial charge is 0.436 e. The van der Waals surface area contributed by atoms with Crippen molar-refractivity contribution < 1.29 is 17.9 Å². The zero-order chi connectivity index (χ0) is 14.0. The summed E-state index contributed by atoms with van der Waals surface area (Å²) in [5.74, 6) is 0.466. The number of aryl methyl sites for hydroxylation is 1. The molecule has 0 amide bonds. The summed E-state index contributed by atoms with van der Waals surface area (Å²) in [7, 11) is 0. The van der Waals surface area contributed by atoms with E-state index >= 15 is 0 Å². The average molecular weight is 333 g/mol. The van der Waals surface area contributed by atoms with Gasteiger partial charge in [0, 0.05) is 5.69 Å². The van der Waals surface area contributed by atoms with Crippen LogP contribution in [0.4, 0.5) is 13.2 Å². The van der Waals surface area contributed by atoms with Gasteiger partial charge >= 0.3 is 6.18 Å². The molecule has 0 bridgehead atoms. The lowest BCUT2D eigenvalue weighted by Crippen LogP contribution is -2.07. The highest BCUT2D eigenvalue weighted by molar-refractivity contribution is 9.10. The molecule has 0 aliphatic rings. The SMILES string of the molecule is Cc1ccc(Br)c(Oc2ccc(C(F)(F)F)nc2)n1. The summed E-state index contributed by atoms with van der Waals surface area (Å²) in [6.45, 7) is 1.78. The lowest BCUT2D eigenvalue weighted by atomic mass is 10.3. The van der Waals surface area contributed by atoms with E-state index in [4.69, 9.17) is 4.74 Å². The van der Waals surface area contributed by atoms with Crippen LogP contribution in [0.3, 0.4) is 0 Å². The number of hydrogen-bond donors (Lipinski definition) is 0. The first kappa shape index (κ1) is 13.8. The maximum atomic E-state index is 12.3. The third-order valence-electron chi connectivity index (χ3n) is 2.19. The van der Waals surface area contributed by atoms with Crippen LogP contribution in [-0.4, -0.2) is 9.97 Å². The van der Waals surface area contributed by atoms with Gasteiger partial charge in [0.1, 0.15) is 11.4 Å². The molecule has 0 fully saturated rings. The summed E-state index contributed by atoms with van der Waals surface area (Å²) >= 11 is 3.25. The van der Waals surface area contributed by atoms with Gasteiger partial charge in [0.15, 0.2) is 0 Å². The Balaban J connectivity index is 2.22. The zero-order valence-corrected chi connectivity index (χ0v) is 11.3. The number of nitrogens with zero attached hydrogens (tertiary/aromatic N) is 2. The lowest BCUT2D eigenvalue weighted by Gasteiger charge is -2.09. The van der Waals surface area contributed by atoms with E-state index in [1.165, 1.54) is 6.07 Å². The van der Waals surface area contributed by atoms with Crippen molar-refractivity contribution >= 4 is 15.9 Å². The normalized spacial score (nSPS) is 11.4. The third kappa shape index (κ3) is 3.44. The summed E-state index contributed by atoms with van der Waals surface area (Å²) in [5.41, 5.74) is -0.228. The molecule has 0 saturated carbocycles. The quantitative estimate of drug-likeness (QED) is 0.819. The smallest absolute Gasteiger partial charge is 0.433 e. The van der Waals surface area contributed by atoms with Gasteiger partial charge in [-0.2, -0.15) is 13.2 Å². The molecule has 2 aromatic heterocycles. The second kappa shape index (κ2) is 5.16. The predicted octanol–water partition coefficient (Wildman–Crippen LogP) is 4.36. The second-order valence-electron chi connectivity index (χ2n) is 3.72. The highest BCUT2D eigenvalue weighted by Gasteiger charge is 2.32. The van der Waals surface area contributed by atoms with E-state index in [1.807, 2.05) is 0 Å². The van der Waals surface area contributed by atoms with E-state index in [-0.39, 0.29) is 11.6 Å². The number of rotatable bonds is 2. The summed E-state index contributed by atoms with van der Waals surface area (Å²) < 4.78 is 43.0. The Morgan fingerprint density at radius 2 is 1.89 bits per heavy atom. The molecule has 2 aromatic rings. The van der Waals surface area contributed by atoms with Crippen LogP contribution in [0.1, 0.15) is 11.4 Å². The van der Waals surface area contributed by atoms with Crippen LogP contribution in [0.2, 0.25) is 0 Å². The van der Waals surface area contributed by atoms with E-state index in [1.54, 1.807) is 19.1 Å². The van der Waals surface area contributed by atoms with Gasteiger partial charge in [-0.25, -0.2) is 9.97 Å². The number of alkyl halides is 3. The highest BCUT2D eigenvalue weighted by atomic mass is 79.9. The Bertz CT molecular complexity index is 585. The molecule has 0 radical (unpaired) electrons. The number of aromatic nitrogens is 2. The van der Waals surface area contributed by atoms with Crippen molar-refractivity contribution in [3.05, 3.63) is 46.3 Å². The van der Waals surface area contributed by atoms with E-state index < -0.39 is 11.9 Å². The van der Waals surface area contributed by atoms with Crippen LogP contribution in [-0.2, 0) is 6.18 Å². The van der Waals surface area contributed by atoms with Gasteiger partial charge in [-0.15, -0.1) is 0 Å². The first-order valence-corrected chi connectivity index (χ1v) is 6.00.